The topological polar surface area (TPSA) is 221 Å². The molecule has 0 heterocycles. The molecule has 0 spiro atoms. The van der Waals surface area contributed by atoms with E-state index in [-0.39, 0.29) is 0 Å². The maximum Gasteiger partial charge on any atom is 0.336 e. The summed E-state index contributed by atoms with van der Waals surface area (Å²) in [6.07, 6.45) is -0.124. The molecule has 0 aromatic rings. The Hall–Kier alpha value is -2.24. The molecule has 0 unspecified atom stereocenters. The van der Waals surface area contributed by atoms with Crippen molar-refractivity contribution in [2.75, 3.05) is 6.54 Å². The molecule has 11 nitrogen and oxygen atoms in total. The van der Waals surface area contributed by atoms with Crippen molar-refractivity contribution in [3.63, 3.8) is 0 Å². The Labute approximate surface area is 131 Å². The summed E-state index contributed by atoms with van der Waals surface area (Å²) >= 11 is 0. The zero-order valence-corrected chi connectivity index (χ0v) is 12.3. The monoisotopic (exact) mass is 338 g/mol. The van der Waals surface area contributed by atoms with E-state index < -0.39 is 48.4 Å². The quantitative estimate of drug-likeness (QED) is 0.222. The van der Waals surface area contributed by atoms with Crippen molar-refractivity contribution in [3.05, 3.63) is 0 Å². The second-order valence-corrected chi connectivity index (χ2v) is 4.71. The Balaban J connectivity index is 0. The highest BCUT2D eigenvalue weighted by molar-refractivity contribution is 5.88. The van der Waals surface area contributed by atoms with Crippen LogP contribution in [0.15, 0.2) is 0 Å². The van der Waals surface area contributed by atoms with Gasteiger partial charge in [-0.1, -0.05) is 6.42 Å². The molecule has 0 aliphatic rings. The lowest BCUT2D eigenvalue weighted by molar-refractivity contribution is -0.170. The standard InChI is InChI=1S/C6H14N2O2.C6H8O7/c7-4-2-1-3-5(8)6(9)10;7-3(8)1-6(13,5(11)12)2-4(9)10/h5H,1-4,7-8H2,(H,9,10);13H,1-2H2,(H,7,8)(H,9,10)(H,11,12)/t5-;/m0./s1. The van der Waals surface area contributed by atoms with Crippen molar-refractivity contribution in [1.82, 2.24) is 0 Å². The molecule has 0 aromatic heterocycles. The lowest BCUT2D eigenvalue weighted by Crippen LogP contribution is -2.42. The first-order valence-electron chi connectivity index (χ1n) is 6.54. The van der Waals surface area contributed by atoms with Crippen LogP contribution in [0.4, 0.5) is 0 Å². The summed E-state index contributed by atoms with van der Waals surface area (Å²) in [5, 5.41) is 42.1. The Bertz CT molecular complexity index is 409. The van der Waals surface area contributed by atoms with E-state index in [0.717, 1.165) is 12.8 Å². The summed E-state index contributed by atoms with van der Waals surface area (Å²) in [7, 11) is 0. The molecular weight excluding hydrogens is 316 g/mol. The van der Waals surface area contributed by atoms with Crippen LogP contribution in [-0.4, -0.2) is 67.6 Å². The first kappa shape index (κ1) is 23.0. The number of nitrogens with two attached hydrogens (primary N) is 2. The van der Waals surface area contributed by atoms with E-state index in [0.29, 0.717) is 13.0 Å². The van der Waals surface area contributed by atoms with E-state index in [1.54, 1.807) is 0 Å². The zero-order valence-electron chi connectivity index (χ0n) is 12.3. The summed E-state index contributed by atoms with van der Waals surface area (Å²) in [6.45, 7) is 0.604. The Morgan fingerprint density at radius 2 is 1.35 bits per heavy atom. The Morgan fingerprint density at radius 1 is 0.913 bits per heavy atom. The molecule has 1 atom stereocenters. The highest BCUT2D eigenvalue weighted by atomic mass is 16.4. The molecule has 0 saturated carbocycles. The van der Waals surface area contributed by atoms with Crippen LogP contribution < -0.4 is 11.5 Å². The summed E-state index contributed by atoms with van der Waals surface area (Å²) in [5.41, 5.74) is 7.68. The lowest BCUT2D eigenvalue weighted by Gasteiger charge is -2.18. The number of aliphatic hydroxyl groups is 1. The summed E-state index contributed by atoms with van der Waals surface area (Å²) in [5.74, 6) is -5.95. The van der Waals surface area contributed by atoms with Gasteiger partial charge in [-0.2, -0.15) is 0 Å². The molecule has 134 valence electrons. The number of hydrogen-bond acceptors (Lipinski definition) is 7. The van der Waals surface area contributed by atoms with Gasteiger partial charge >= 0.3 is 23.9 Å². The SMILES string of the molecule is NCCCC[C@H](N)C(=O)O.O=C(O)CC(O)(CC(=O)O)C(=O)O. The van der Waals surface area contributed by atoms with Gasteiger partial charge in [-0.15, -0.1) is 0 Å². The fraction of sp³-hybridized carbons (Fsp3) is 0.667. The van der Waals surface area contributed by atoms with Crippen LogP contribution in [0.3, 0.4) is 0 Å². The van der Waals surface area contributed by atoms with Crippen molar-refractivity contribution in [3.8, 4) is 0 Å². The summed E-state index contributed by atoms with van der Waals surface area (Å²) in [6, 6.07) is -0.716. The Kier molecular flexibility index (Phi) is 11.4. The number of unbranched alkanes of at least 4 members (excludes halogenated alkanes) is 1. The molecular formula is C12H22N2O9. The highest BCUT2D eigenvalue weighted by Crippen LogP contribution is 2.15. The van der Waals surface area contributed by atoms with Gasteiger partial charge < -0.3 is 37.0 Å². The van der Waals surface area contributed by atoms with Gasteiger partial charge in [0, 0.05) is 0 Å². The van der Waals surface area contributed by atoms with Gasteiger partial charge in [-0.25, -0.2) is 4.79 Å². The first-order valence-corrected chi connectivity index (χ1v) is 6.54. The van der Waals surface area contributed by atoms with E-state index in [9.17, 15) is 19.2 Å². The van der Waals surface area contributed by atoms with Gasteiger partial charge in [0.2, 0.25) is 0 Å². The number of carboxylic acids is 4. The fourth-order valence-electron chi connectivity index (χ4n) is 1.35. The van der Waals surface area contributed by atoms with Crippen molar-refractivity contribution in [1.29, 1.82) is 0 Å². The van der Waals surface area contributed by atoms with Crippen LogP contribution in [0.2, 0.25) is 0 Å². The smallest absolute Gasteiger partial charge is 0.336 e. The van der Waals surface area contributed by atoms with Gasteiger partial charge in [0.1, 0.15) is 6.04 Å². The Morgan fingerprint density at radius 3 is 1.61 bits per heavy atom. The first-order chi connectivity index (χ1) is 10.5. The maximum absolute atomic E-state index is 10.3. The second-order valence-electron chi connectivity index (χ2n) is 4.71. The summed E-state index contributed by atoms with van der Waals surface area (Å²) in [4.78, 5) is 40.6. The predicted octanol–water partition coefficient (Wildman–Crippen LogP) is -1.72. The molecule has 23 heavy (non-hydrogen) atoms. The third kappa shape index (κ3) is 12.0. The van der Waals surface area contributed by atoms with Crippen LogP contribution in [0, 0.1) is 0 Å². The number of carbonyl (C=O) groups is 4. The van der Waals surface area contributed by atoms with Crippen LogP contribution in [0.25, 0.3) is 0 Å². The van der Waals surface area contributed by atoms with Crippen LogP contribution in [0.5, 0.6) is 0 Å². The largest absolute Gasteiger partial charge is 0.481 e. The third-order valence-corrected chi connectivity index (χ3v) is 2.57. The minimum absolute atomic E-state index is 0.520. The molecule has 11 heteroatoms. The molecule has 0 aliphatic carbocycles. The third-order valence-electron chi connectivity index (χ3n) is 2.57. The minimum Gasteiger partial charge on any atom is -0.481 e. The summed E-state index contributed by atoms with van der Waals surface area (Å²) < 4.78 is 0. The number of aliphatic carboxylic acids is 4. The molecule has 0 aliphatic heterocycles. The van der Waals surface area contributed by atoms with Crippen molar-refractivity contribution in [2.45, 2.75) is 43.7 Å². The molecule has 0 rings (SSSR count). The average molecular weight is 338 g/mol. The number of carboxylic acid groups (broad SMARTS) is 4. The van der Waals surface area contributed by atoms with Gasteiger partial charge in [-0.3, -0.25) is 14.4 Å². The minimum atomic E-state index is -2.74. The molecule has 0 radical (unpaired) electrons. The van der Waals surface area contributed by atoms with Crippen molar-refractivity contribution >= 4 is 23.9 Å². The van der Waals surface area contributed by atoms with E-state index in [1.807, 2.05) is 0 Å². The fourth-order valence-corrected chi connectivity index (χ4v) is 1.35. The molecule has 0 amide bonds. The van der Waals surface area contributed by atoms with Gasteiger partial charge in [-0.05, 0) is 19.4 Å². The number of rotatable bonds is 10. The molecule has 0 saturated heterocycles. The van der Waals surface area contributed by atoms with E-state index in [2.05, 4.69) is 0 Å². The second kappa shape index (κ2) is 11.3. The predicted molar refractivity (Wildman–Crippen MR) is 75.6 cm³/mol. The van der Waals surface area contributed by atoms with Gasteiger partial charge in [0.05, 0.1) is 12.8 Å². The molecule has 0 bridgehead atoms. The van der Waals surface area contributed by atoms with Crippen LogP contribution in [-0.2, 0) is 19.2 Å². The van der Waals surface area contributed by atoms with E-state index in [4.69, 9.17) is 37.0 Å². The zero-order chi connectivity index (χ0) is 18.6. The van der Waals surface area contributed by atoms with Crippen molar-refractivity contribution < 1.29 is 44.7 Å². The normalized spacial score (nSPS) is 11.8. The maximum atomic E-state index is 10.3. The van der Waals surface area contributed by atoms with Crippen molar-refractivity contribution in [2.24, 2.45) is 11.5 Å². The highest BCUT2D eigenvalue weighted by Gasteiger charge is 2.40. The van der Waals surface area contributed by atoms with Gasteiger partial charge in [0.15, 0.2) is 5.60 Å². The van der Waals surface area contributed by atoms with Crippen LogP contribution in [0.1, 0.15) is 32.1 Å². The molecule has 9 N–H and O–H groups in total. The van der Waals surface area contributed by atoms with E-state index >= 15 is 0 Å². The average Bonchev–Trinajstić information content (AvgIpc) is 2.37. The van der Waals surface area contributed by atoms with E-state index in [1.165, 1.54) is 0 Å². The number of hydrogen-bond donors (Lipinski definition) is 7. The van der Waals surface area contributed by atoms with Crippen LogP contribution >= 0.6 is 0 Å². The molecule has 0 fully saturated rings. The molecule has 0 aromatic carbocycles. The van der Waals surface area contributed by atoms with Gasteiger partial charge in [0.25, 0.3) is 0 Å². The lowest BCUT2D eigenvalue weighted by atomic mass is 9.96.